The van der Waals surface area contributed by atoms with Gasteiger partial charge in [-0.2, -0.15) is 0 Å². The molecule has 5 heteroatoms. The van der Waals surface area contributed by atoms with Crippen molar-refractivity contribution < 1.29 is 19.7 Å². The van der Waals surface area contributed by atoms with Gasteiger partial charge >= 0.3 is 0 Å². The van der Waals surface area contributed by atoms with Gasteiger partial charge in [-0.25, -0.2) is 0 Å². The van der Waals surface area contributed by atoms with Crippen molar-refractivity contribution in [2.45, 2.75) is 18.6 Å². The Labute approximate surface area is 106 Å². The first-order valence-electron chi connectivity index (χ1n) is 5.77. The summed E-state index contributed by atoms with van der Waals surface area (Å²) in [7, 11) is 3.27. The molecule has 18 heavy (non-hydrogen) atoms. The molecule has 1 rings (SSSR count). The summed E-state index contributed by atoms with van der Waals surface area (Å²) in [5, 5.41) is 22.7. The second-order valence-corrected chi connectivity index (χ2v) is 4.02. The summed E-state index contributed by atoms with van der Waals surface area (Å²) in [5.74, 6) is 0.540. The molecule has 1 aromatic rings. The second kappa shape index (κ2) is 7.10. The van der Waals surface area contributed by atoms with Crippen molar-refractivity contribution in [3.63, 3.8) is 0 Å². The van der Waals surface area contributed by atoms with Gasteiger partial charge in [0.15, 0.2) is 6.29 Å². The molecule has 0 aliphatic carbocycles. The van der Waals surface area contributed by atoms with Gasteiger partial charge in [-0.3, -0.25) is 4.79 Å². The van der Waals surface area contributed by atoms with Crippen LogP contribution in [0.2, 0.25) is 0 Å². The summed E-state index contributed by atoms with van der Waals surface area (Å²) in [6, 6.07) is 4.78. The predicted molar refractivity (Wildman–Crippen MR) is 67.9 cm³/mol. The molecule has 0 aromatic heterocycles. The van der Waals surface area contributed by atoms with Crippen molar-refractivity contribution in [1.82, 2.24) is 5.32 Å². The van der Waals surface area contributed by atoms with Crippen LogP contribution in [0.15, 0.2) is 18.2 Å². The van der Waals surface area contributed by atoms with Gasteiger partial charge in [0.25, 0.3) is 0 Å². The largest absolute Gasteiger partial charge is 0.497 e. The highest BCUT2D eigenvalue weighted by atomic mass is 16.5. The lowest BCUT2D eigenvalue weighted by molar-refractivity contribution is 0.0137. The van der Waals surface area contributed by atoms with Crippen LogP contribution in [0.1, 0.15) is 28.4 Å². The van der Waals surface area contributed by atoms with Crippen molar-refractivity contribution >= 4 is 6.29 Å². The zero-order valence-electron chi connectivity index (χ0n) is 10.6. The number of carbonyl (C=O) groups is 1. The summed E-state index contributed by atoms with van der Waals surface area (Å²) >= 11 is 0. The van der Waals surface area contributed by atoms with E-state index in [4.69, 9.17) is 4.74 Å². The normalized spacial score (nSPS) is 14.0. The van der Waals surface area contributed by atoms with Crippen molar-refractivity contribution in [2.75, 3.05) is 20.7 Å². The van der Waals surface area contributed by atoms with Crippen LogP contribution in [0.5, 0.6) is 5.75 Å². The summed E-state index contributed by atoms with van der Waals surface area (Å²) in [5.41, 5.74) is 0.736. The maximum atomic E-state index is 11.0. The van der Waals surface area contributed by atoms with Crippen molar-refractivity contribution in [1.29, 1.82) is 0 Å². The van der Waals surface area contributed by atoms with E-state index < -0.39 is 12.2 Å². The molecule has 0 aliphatic rings. The van der Waals surface area contributed by atoms with Crippen LogP contribution in [0.3, 0.4) is 0 Å². The number of aldehydes is 1. The standard InChI is InChI=1S/C13H19NO4/c1-14-6-5-12(16)13(17)11-4-3-10(18-2)7-9(11)8-15/h3-4,7-8,12-14,16-17H,5-6H2,1-2H3. The van der Waals surface area contributed by atoms with Crippen molar-refractivity contribution in [3.8, 4) is 5.75 Å². The average Bonchev–Trinajstić information content (AvgIpc) is 2.43. The number of aliphatic hydroxyl groups excluding tert-OH is 2. The minimum Gasteiger partial charge on any atom is -0.497 e. The van der Waals surface area contributed by atoms with Crippen molar-refractivity contribution in [3.05, 3.63) is 29.3 Å². The van der Waals surface area contributed by atoms with Gasteiger partial charge in [0.1, 0.15) is 11.9 Å². The zero-order valence-corrected chi connectivity index (χ0v) is 10.6. The highest BCUT2D eigenvalue weighted by molar-refractivity contribution is 5.78. The van der Waals surface area contributed by atoms with Gasteiger partial charge < -0.3 is 20.3 Å². The molecule has 0 spiro atoms. The molecule has 2 unspecified atom stereocenters. The van der Waals surface area contributed by atoms with Crippen LogP contribution in [-0.4, -0.2) is 43.3 Å². The molecule has 0 bridgehead atoms. The monoisotopic (exact) mass is 253 g/mol. The molecule has 0 saturated carbocycles. The third kappa shape index (κ3) is 3.53. The smallest absolute Gasteiger partial charge is 0.150 e. The molecule has 0 amide bonds. The number of carbonyl (C=O) groups excluding carboxylic acids is 1. The summed E-state index contributed by atoms with van der Waals surface area (Å²) in [6.07, 6.45) is -0.942. The zero-order chi connectivity index (χ0) is 13.5. The maximum absolute atomic E-state index is 11.0. The highest BCUT2D eigenvalue weighted by Gasteiger charge is 2.20. The van der Waals surface area contributed by atoms with Gasteiger partial charge in [0, 0.05) is 5.56 Å². The molecule has 0 heterocycles. The lowest BCUT2D eigenvalue weighted by Crippen LogP contribution is -2.24. The molecule has 0 aliphatic heterocycles. The highest BCUT2D eigenvalue weighted by Crippen LogP contribution is 2.25. The first-order chi connectivity index (χ1) is 8.63. The van der Waals surface area contributed by atoms with Crippen LogP contribution in [0.4, 0.5) is 0 Å². The van der Waals surface area contributed by atoms with Crippen molar-refractivity contribution in [2.24, 2.45) is 0 Å². The quantitative estimate of drug-likeness (QED) is 0.617. The summed E-state index contributed by atoms with van der Waals surface area (Å²) < 4.78 is 5.00. The number of nitrogens with one attached hydrogen (secondary N) is 1. The second-order valence-electron chi connectivity index (χ2n) is 4.02. The minimum absolute atomic E-state index is 0.324. The van der Waals surface area contributed by atoms with E-state index in [0.717, 1.165) is 0 Å². The maximum Gasteiger partial charge on any atom is 0.150 e. The van der Waals surface area contributed by atoms with E-state index in [9.17, 15) is 15.0 Å². The van der Waals surface area contributed by atoms with E-state index in [1.807, 2.05) is 0 Å². The lowest BCUT2D eigenvalue weighted by atomic mass is 9.97. The summed E-state index contributed by atoms with van der Waals surface area (Å²) in [4.78, 5) is 11.0. The fourth-order valence-corrected chi connectivity index (χ4v) is 1.71. The van der Waals surface area contributed by atoms with E-state index in [1.54, 1.807) is 19.2 Å². The minimum atomic E-state index is -1.08. The Balaban J connectivity index is 2.90. The number of aliphatic hydroxyl groups is 2. The molecule has 1 aromatic carbocycles. The fourth-order valence-electron chi connectivity index (χ4n) is 1.71. The summed E-state index contributed by atoms with van der Waals surface area (Å²) in [6.45, 7) is 0.588. The molecule has 0 radical (unpaired) electrons. The molecule has 3 N–H and O–H groups in total. The fraction of sp³-hybridized carbons (Fsp3) is 0.462. The van der Waals surface area contributed by atoms with Crippen LogP contribution in [0.25, 0.3) is 0 Å². The van der Waals surface area contributed by atoms with Crippen LogP contribution in [-0.2, 0) is 0 Å². The van der Waals surface area contributed by atoms with Gasteiger partial charge in [0.2, 0.25) is 0 Å². The number of ether oxygens (including phenoxy) is 1. The van der Waals surface area contributed by atoms with Crippen LogP contribution < -0.4 is 10.1 Å². The van der Waals surface area contributed by atoms with E-state index in [-0.39, 0.29) is 0 Å². The molecule has 0 saturated heterocycles. The Morgan fingerprint density at radius 3 is 2.72 bits per heavy atom. The Hall–Kier alpha value is -1.43. The number of methoxy groups -OCH3 is 1. The first kappa shape index (κ1) is 14.6. The van der Waals surface area contributed by atoms with E-state index in [1.165, 1.54) is 13.2 Å². The molecular weight excluding hydrogens is 234 g/mol. The lowest BCUT2D eigenvalue weighted by Gasteiger charge is -2.19. The van der Waals surface area contributed by atoms with E-state index >= 15 is 0 Å². The third-order valence-electron chi connectivity index (χ3n) is 2.79. The molecule has 0 fully saturated rings. The van der Waals surface area contributed by atoms with Crippen LogP contribution >= 0.6 is 0 Å². The van der Waals surface area contributed by atoms with Gasteiger partial charge in [-0.1, -0.05) is 6.07 Å². The van der Waals surface area contributed by atoms with E-state index in [0.29, 0.717) is 36.1 Å². The molecule has 100 valence electrons. The Morgan fingerprint density at radius 1 is 1.44 bits per heavy atom. The molecule has 2 atom stereocenters. The van der Waals surface area contributed by atoms with E-state index in [2.05, 4.69) is 5.32 Å². The Kier molecular flexibility index (Phi) is 5.77. The van der Waals surface area contributed by atoms with Gasteiger partial charge in [-0.15, -0.1) is 0 Å². The topological polar surface area (TPSA) is 78.8 Å². The number of rotatable bonds is 7. The Morgan fingerprint density at radius 2 is 2.17 bits per heavy atom. The molecular formula is C13H19NO4. The Bertz CT molecular complexity index is 395. The number of benzene rings is 1. The molecule has 5 nitrogen and oxygen atoms in total. The SMILES string of the molecule is CNCCC(O)C(O)c1ccc(OC)cc1C=O. The van der Waals surface area contributed by atoms with Gasteiger partial charge in [-0.05, 0) is 37.7 Å². The number of hydrogen-bond donors (Lipinski definition) is 3. The third-order valence-corrected chi connectivity index (χ3v) is 2.79. The van der Waals surface area contributed by atoms with Gasteiger partial charge in [0.05, 0.1) is 13.2 Å². The van der Waals surface area contributed by atoms with Crippen LogP contribution in [0, 0.1) is 0 Å². The average molecular weight is 253 g/mol. The number of hydrogen-bond acceptors (Lipinski definition) is 5. The first-order valence-corrected chi connectivity index (χ1v) is 5.77. The predicted octanol–water partition coefficient (Wildman–Crippen LogP) is 0.512.